The number of anilines is 2. The van der Waals surface area contributed by atoms with Crippen LogP contribution in [0.1, 0.15) is 50.3 Å². The summed E-state index contributed by atoms with van der Waals surface area (Å²) in [6.45, 7) is 9.72. The van der Waals surface area contributed by atoms with E-state index in [1.807, 2.05) is 42.5 Å². The highest BCUT2D eigenvalue weighted by atomic mass is 35.5. The van der Waals surface area contributed by atoms with E-state index in [-0.39, 0.29) is 18.1 Å². The van der Waals surface area contributed by atoms with Crippen molar-refractivity contribution in [2.75, 3.05) is 29.9 Å². The topological polar surface area (TPSA) is 79.0 Å². The first-order valence-corrected chi connectivity index (χ1v) is 15.3. The van der Waals surface area contributed by atoms with Gasteiger partial charge in [-0.2, -0.15) is 0 Å². The second-order valence-corrected chi connectivity index (χ2v) is 11.8. The monoisotopic (exact) mass is 625 g/mol. The van der Waals surface area contributed by atoms with Crippen LogP contribution >= 0.6 is 35.0 Å². The van der Waals surface area contributed by atoms with E-state index in [4.69, 9.17) is 27.9 Å². The number of carbonyl (C=O) groups is 3. The molecule has 1 N–H and O–H groups in total. The number of amides is 3. The number of rotatable bonds is 11. The molecule has 0 unspecified atom stereocenters. The molecular weight excluding hydrogens is 593 g/mol. The van der Waals surface area contributed by atoms with Crippen molar-refractivity contribution in [3.05, 3.63) is 92.3 Å². The zero-order valence-corrected chi connectivity index (χ0v) is 26.3. The minimum Gasteiger partial charge on any atom is -0.488 e. The Kier molecular flexibility index (Phi) is 10.6. The molecule has 0 aliphatic carbocycles. The molecule has 1 saturated heterocycles. The fourth-order valence-corrected chi connectivity index (χ4v) is 5.71. The van der Waals surface area contributed by atoms with Crippen LogP contribution in [0.2, 0.25) is 10.0 Å². The zero-order valence-electron chi connectivity index (χ0n) is 23.9. The quantitative estimate of drug-likeness (QED) is 0.216. The molecule has 4 rings (SSSR count). The molecule has 1 fully saturated rings. The SMILES string of the molecule is CCN(CC)c1ccc(/C=C2/SC(=O)N(CC(=O)Nc3ccc(C(C)C)cc3)C2=O)c(OCc2ccc(Cl)cc2Cl)c1. The summed E-state index contributed by atoms with van der Waals surface area (Å²) in [6, 6.07) is 18.4. The normalized spacial score (nSPS) is 14.2. The Morgan fingerprint density at radius 1 is 1.02 bits per heavy atom. The number of ether oxygens (including phenoxy) is 1. The number of imide groups is 1. The van der Waals surface area contributed by atoms with E-state index in [0.29, 0.717) is 33.0 Å². The molecule has 220 valence electrons. The number of hydrogen-bond acceptors (Lipinski definition) is 6. The fraction of sp³-hybridized carbons (Fsp3) is 0.281. The maximum atomic E-state index is 13.2. The summed E-state index contributed by atoms with van der Waals surface area (Å²) in [4.78, 5) is 42.0. The second kappa shape index (κ2) is 14.1. The maximum absolute atomic E-state index is 13.2. The molecule has 0 saturated carbocycles. The predicted molar refractivity (Wildman–Crippen MR) is 173 cm³/mol. The standard InChI is InChI=1S/C32H33Cl2N3O4S/c1-5-36(6-2)26-14-10-22(28(17-26)41-19-23-7-11-24(33)16-27(23)34)15-29-31(39)37(32(40)42-29)18-30(38)35-25-12-8-21(9-13-25)20(3)4/h7-17,20H,5-6,18-19H2,1-4H3,(H,35,38)/b29-15+. The summed E-state index contributed by atoms with van der Waals surface area (Å²) in [5.41, 5.74) is 4.08. The molecule has 0 spiro atoms. The lowest BCUT2D eigenvalue weighted by atomic mass is 10.0. The van der Waals surface area contributed by atoms with Crippen molar-refractivity contribution < 1.29 is 19.1 Å². The lowest BCUT2D eigenvalue weighted by molar-refractivity contribution is -0.127. The van der Waals surface area contributed by atoms with E-state index in [9.17, 15) is 14.4 Å². The van der Waals surface area contributed by atoms with Crippen molar-refractivity contribution in [2.24, 2.45) is 0 Å². The van der Waals surface area contributed by atoms with Crippen LogP contribution in [0.25, 0.3) is 6.08 Å². The zero-order chi connectivity index (χ0) is 30.4. The Balaban J connectivity index is 1.53. The average molecular weight is 627 g/mol. The number of thioether (sulfide) groups is 1. The van der Waals surface area contributed by atoms with E-state index in [0.717, 1.165) is 46.6 Å². The third-order valence-corrected chi connectivity index (χ3v) is 8.34. The number of nitrogens with zero attached hydrogens (tertiary/aromatic N) is 2. The van der Waals surface area contributed by atoms with Gasteiger partial charge in [-0.25, -0.2) is 0 Å². The lowest BCUT2D eigenvalue weighted by Crippen LogP contribution is -2.36. The van der Waals surface area contributed by atoms with E-state index in [2.05, 4.69) is 37.9 Å². The van der Waals surface area contributed by atoms with Gasteiger partial charge in [0.2, 0.25) is 5.91 Å². The number of carbonyl (C=O) groups excluding carboxylic acids is 3. The third-order valence-electron chi connectivity index (χ3n) is 6.85. The molecular formula is C32H33Cl2N3O4S. The number of nitrogens with one attached hydrogen (secondary N) is 1. The van der Waals surface area contributed by atoms with Crippen molar-refractivity contribution in [1.29, 1.82) is 0 Å². The molecule has 1 aliphatic rings. The average Bonchev–Trinajstić information content (AvgIpc) is 3.21. The third kappa shape index (κ3) is 7.68. The number of hydrogen-bond donors (Lipinski definition) is 1. The Bertz CT molecular complexity index is 1500. The summed E-state index contributed by atoms with van der Waals surface area (Å²) in [7, 11) is 0. The number of benzene rings is 3. The lowest BCUT2D eigenvalue weighted by Gasteiger charge is -2.22. The second-order valence-electron chi connectivity index (χ2n) is 10.0. The molecule has 3 aromatic rings. The first-order chi connectivity index (χ1) is 20.1. The summed E-state index contributed by atoms with van der Waals surface area (Å²) < 4.78 is 6.19. The first kappa shape index (κ1) is 31.5. The fourth-order valence-electron chi connectivity index (χ4n) is 4.42. The molecule has 7 nitrogen and oxygen atoms in total. The van der Waals surface area contributed by atoms with Gasteiger partial charge in [0.15, 0.2) is 0 Å². The summed E-state index contributed by atoms with van der Waals surface area (Å²) in [5, 5.41) is 3.27. The number of halogens is 2. The highest BCUT2D eigenvalue weighted by molar-refractivity contribution is 8.18. The van der Waals surface area contributed by atoms with Crippen LogP contribution in [0, 0.1) is 0 Å². The summed E-state index contributed by atoms with van der Waals surface area (Å²) >= 11 is 13.2. The van der Waals surface area contributed by atoms with Crippen LogP contribution in [0.4, 0.5) is 16.2 Å². The van der Waals surface area contributed by atoms with Gasteiger partial charge in [-0.1, -0.05) is 55.2 Å². The molecule has 0 aromatic heterocycles. The molecule has 1 heterocycles. The molecule has 10 heteroatoms. The molecule has 0 bridgehead atoms. The van der Waals surface area contributed by atoms with Crippen LogP contribution in [0.15, 0.2) is 65.6 Å². The van der Waals surface area contributed by atoms with Crippen LogP contribution < -0.4 is 15.0 Å². The minimum absolute atomic E-state index is 0.179. The summed E-state index contributed by atoms with van der Waals surface area (Å²) in [6.07, 6.45) is 1.62. The highest BCUT2D eigenvalue weighted by Gasteiger charge is 2.36. The van der Waals surface area contributed by atoms with Gasteiger partial charge < -0.3 is 15.0 Å². The van der Waals surface area contributed by atoms with Gasteiger partial charge in [0.05, 0.1) is 4.91 Å². The van der Waals surface area contributed by atoms with Gasteiger partial charge in [0.1, 0.15) is 18.9 Å². The van der Waals surface area contributed by atoms with Gasteiger partial charge >= 0.3 is 0 Å². The van der Waals surface area contributed by atoms with Crippen molar-refractivity contribution in [1.82, 2.24) is 4.90 Å². The van der Waals surface area contributed by atoms with Gasteiger partial charge in [-0.15, -0.1) is 0 Å². The van der Waals surface area contributed by atoms with E-state index < -0.39 is 17.1 Å². The van der Waals surface area contributed by atoms with Crippen LogP contribution in [-0.2, 0) is 16.2 Å². The molecule has 3 amide bonds. The molecule has 1 aliphatic heterocycles. The Morgan fingerprint density at radius 3 is 2.38 bits per heavy atom. The Hall–Kier alpha value is -3.46. The molecule has 0 radical (unpaired) electrons. The molecule has 0 atom stereocenters. The van der Waals surface area contributed by atoms with Gasteiger partial charge in [-0.05, 0) is 79.6 Å². The Labute approximate surface area is 260 Å². The molecule has 3 aromatic carbocycles. The van der Waals surface area contributed by atoms with Gasteiger partial charge in [0, 0.05) is 51.7 Å². The van der Waals surface area contributed by atoms with Crippen molar-refractivity contribution in [3.63, 3.8) is 0 Å². The largest absolute Gasteiger partial charge is 0.488 e. The van der Waals surface area contributed by atoms with Crippen LogP contribution in [0.3, 0.4) is 0 Å². The summed E-state index contributed by atoms with van der Waals surface area (Å²) in [5.74, 6) is -0.0932. The van der Waals surface area contributed by atoms with Crippen molar-refractivity contribution in [3.8, 4) is 5.75 Å². The highest BCUT2D eigenvalue weighted by Crippen LogP contribution is 2.36. The van der Waals surface area contributed by atoms with Crippen LogP contribution in [-0.4, -0.2) is 41.6 Å². The van der Waals surface area contributed by atoms with Crippen molar-refractivity contribution in [2.45, 2.75) is 40.2 Å². The van der Waals surface area contributed by atoms with Gasteiger partial charge in [-0.3, -0.25) is 19.3 Å². The van der Waals surface area contributed by atoms with Crippen LogP contribution in [0.5, 0.6) is 5.75 Å². The van der Waals surface area contributed by atoms with E-state index in [1.54, 1.807) is 24.3 Å². The smallest absolute Gasteiger partial charge is 0.294 e. The van der Waals surface area contributed by atoms with E-state index >= 15 is 0 Å². The molecule has 42 heavy (non-hydrogen) atoms. The van der Waals surface area contributed by atoms with Crippen molar-refractivity contribution >= 4 is 69.5 Å². The predicted octanol–water partition coefficient (Wildman–Crippen LogP) is 8.22. The minimum atomic E-state index is -0.533. The van der Waals surface area contributed by atoms with E-state index in [1.165, 1.54) is 0 Å². The Morgan fingerprint density at radius 2 is 1.74 bits per heavy atom. The maximum Gasteiger partial charge on any atom is 0.294 e. The first-order valence-electron chi connectivity index (χ1n) is 13.7. The van der Waals surface area contributed by atoms with Gasteiger partial charge in [0.25, 0.3) is 11.1 Å².